The van der Waals surface area contributed by atoms with Crippen LogP contribution in [0.4, 0.5) is 10.1 Å². The first-order valence-electron chi connectivity index (χ1n) is 8.70. The Hall–Kier alpha value is -3.19. The maximum Gasteiger partial charge on any atom is 0.265 e. The second kappa shape index (κ2) is 7.44. The molecule has 0 fully saturated rings. The summed E-state index contributed by atoms with van der Waals surface area (Å²) in [5, 5.41) is 8.41. The Morgan fingerprint density at radius 1 is 1.18 bits per heavy atom. The van der Waals surface area contributed by atoms with E-state index in [1.807, 2.05) is 17.7 Å². The average molecular weight is 395 g/mol. The predicted octanol–water partition coefficient (Wildman–Crippen LogP) is 4.85. The first kappa shape index (κ1) is 18.2. The molecular formula is C21H18FN3O2S. The molecule has 5 nitrogen and oxygen atoms in total. The van der Waals surface area contributed by atoms with Crippen LogP contribution in [0.15, 0.2) is 54.6 Å². The van der Waals surface area contributed by atoms with Gasteiger partial charge in [-0.1, -0.05) is 12.1 Å². The molecule has 0 aliphatic heterocycles. The van der Waals surface area contributed by atoms with E-state index in [2.05, 4.69) is 10.4 Å². The van der Waals surface area contributed by atoms with Crippen LogP contribution in [0.1, 0.15) is 20.9 Å². The van der Waals surface area contributed by atoms with Crippen molar-refractivity contribution in [2.45, 2.75) is 13.5 Å². The third-order valence-corrected chi connectivity index (χ3v) is 5.57. The van der Waals surface area contributed by atoms with Gasteiger partial charge >= 0.3 is 0 Å². The van der Waals surface area contributed by atoms with E-state index in [0.717, 1.165) is 27.2 Å². The Kier molecular flexibility index (Phi) is 4.83. The number of nitrogens with zero attached hydrogens (tertiary/aromatic N) is 2. The van der Waals surface area contributed by atoms with Gasteiger partial charge in [-0.05, 0) is 55.0 Å². The fourth-order valence-electron chi connectivity index (χ4n) is 2.96. The topological polar surface area (TPSA) is 56.1 Å². The Labute approximate surface area is 165 Å². The highest BCUT2D eigenvalue weighted by Gasteiger charge is 2.17. The zero-order chi connectivity index (χ0) is 19.7. The van der Waals surface area contributed by atoms with Crippen molar-refractivity contribution < 1.29 is 13.9 Å². The lowest BCUT2D eigenvalue weighted by molar-refractivity contribution is 0.103. The number of hydrogen-bond acceptors (Lipinski definition) is 4. The summed E-state index contributed by atoms with van der Waals surface area (Å²) >= 11 is 1.39. The Morgan fingerprint density at radius 3 is 2.57 bits per heavy atom. The molecule has 4 aromatic rings. The number of halogens is 1. The average Bonchev–Trinajstić information content (AvgIpc) is 3.26. The molecule has 142 valence electrons. The normalized spacial score (nSPS) is 11.0. The molecule has 0 atom stereocenters. The van der Waals surface area contributed by atoms with E-state index in [0.29, 0.717) is 17.1 Å². The number of methoxy groups -OCH3 is 1. The fraction of sp³-hybridized carbons (Fsp3) is 0.143. The lowest BCUT2D eigenvalue weighted by atomic mass is 10.2. The smallest absolute Gasteiger partial charge is 0.265 e. The van der Waals surface area contributed by atoms with Crippen molar-refractivity contribution >= 4 is 33.1 Å². The molecule has 4 rings (SSSR count). The van der Waals surface area contributed by atoms with Crippen LogP contribution in [0.2, 0.25) is 0 Å². The van der Waals surface area contributed by atoms with Crippen molar-refractivity contribution in [1.29, 1.82) is 0 Å². The van der Waals surface area contributed by atoms with Crippen molar-refractivity contribution in [2.24, 2.45) is 0 Å². The third-order valence-electron chi connectivity index (χ3n) is 4.42. The van der Waals surface area contributed by atoms with Gasteiger partial charge in [-0.3, -0.25) is 9.48 Å². The fourth-order valence-corrected chi connectivity index (χ4v) is 4.02. The van der Waals surface area contributed by atoms with E-state index in [4.69, 9.17) is 4.74 Å². The monoisotopic (exact) mass is 395 g/mol. The first-order chi connectivity index (χ1) is 13.5. The summed E-state index contributed by atoms with van der Waals surface area (Å²) in [7, 11) is 1.60. The number of thiophene rings is 1. The summed E-state index contributed by atoms with van der Waals surface area (Å²) in [5.74, 6) is 0.301. The largest absolute Gasteiger partial charge is 0.497 e. The van der Waals surface area contributed by atoms with Gasteiger partial charge in [0.05, 0.1) is 24.2 Å². The summed E-state index contributed by atoms with van der Waals surface area (Å²) < 4.78 is 20.1. The van der Waals surface area contributed by atoms with Crippen LogP contribution in [0, 0.1) is 12.7 Å². The molecule has 28 heavy (non-hydrogen) atoms. The zero-order valence-corrected chi connectivity index (χ0v) is 16.2. The Morgan fingerprint density at radius 2 is 1.89 bits per heavy atom. The molecular weight excluding hydrogens is 377 g/mol. The number of carbonyl (C=O) groups excluding carboxylic acids is 1. The molecule has 2 heterocycles. The molecule has 0 bridgehead atoms. The lowest BCUT2D eigenvalue weighted by Crippen LogP contribution is -2.10. The summed E-state index contributed by atoms with van der Waals surface area (Å²) in [5.41, 5.74) is 2.51. The molecule has 1 amide bonds. The maximum atomic E-state index is 13.1. The molecule has 2 aromatic carbocycles. The highest BCUT2D eigenvalue weighted by molar-refractivity contribution is 7.20. The molecule has 0 radical (unpaired) electrons. The lowest BCUT2D eigenvalue weighted by Gasteiger charge is -2.05. The molecule has 2 aromatic heterocycles. The van der Waals surface area contributed by atoms with E-state index < -0.39 is 0 Å². The molecule has 0 aliphatic carbocycles. The maximum absolute atomic E-state index is 13.1. The molecule has 0 saturated carbocycles. The zero-order valence-electron chi connectivity index (χ0n) is 15.4. The SMILES string of the molecule is COc1ccc(NC(=O)c2cc3c(C)nn(Cc4ccc(F)cc4)c3s2)cc1. The van der Waals surface area contributed by atoms with E-state index in [-0.39, 0.29) is 11.7 Å². The van der Waals surface area contributed by atoms with Crippen LogP contribution in [0.5, 0.6) is 5.75 Å². The van der Waals surface area contributed by atoms with Crippen molar-refractivity contribution in [2.75, 3.05) is 12.4 Å². The van der Waals surface area contributed by atoms with Crippen molar-refractivity contribution in [3.05, 3.63) is 76.5 Å². The molecule has 0 aliphatic rings. The standard InChI is InChI=1S/C21H18FN3O2S/c1-13-18-11-19(20(26)23-16-7-9-17(27-2)10-8-16)28-21(18)25(24-13)12-14-3-5-15(22)6-4-14/h3-11H,12H2,1-2H3,(H,23,26). The van der Waals surface area contributed by atoms with Crippen LogP contribution in [-0.4, -0.2) is 22.8 Å². The number of hydrogen-bond donors (Lipinski definition) is 1. The van der Waals surface area contributed by atoms with E-state index >= 15 is 0 Å². The van der Waals surface area contributed by atoms with Crippen LogP contribution in [0.3, 0.4) is 0 Å². The van der Waals surface area contributed by atoms with Crippen LogP contribution in [0.25, 0.3) is 10.2 Å². The van der Waals surface area contributed by atoms with Gasteiger partial charge in [0.2, 0.25) is 0 Å². The second-order valence-corrected chi connectivity index (χ2v) is 7.41. The molecule has 1 N–H and O–H groups in total. The summed E-state index contributed by atoms with van der Waals surface area (Å²) in [4.78, 5) is 14.2. The molecule has 0 unspecified atom stereocenters. The number of aryl methyl sites for hydroxylation is 1. The Bertz CT molecular complexity index is 1130. The number of fused-ring (bicyclic) bond motifs is 1. The van der Waals surface area contributed by atoms with Crippen LogP contribution >= 0.6 is 11.3 Å². The predicted molar refractivity (Wildman–Crippen MR) is 109 cm³/mol. The number of nitrogens with one attached hydrogen (secondary N) is 1. The van der Waals surface area contributed by atoms with E-state index in [1.165, 1.54) is 23.5 Å². The van der Waals surface area contributed by atoms with Gasteiger partial charge in [0, 0.05) is 11.1 Å². The molecule has 7 heteroatoms. The highest BCUT2D eigenvalue weighted by atomic mass is 32.1. The van der Waals surface area contributed by atoms with Gasteiger partial charge in [0.25, 0.3) is 5.91 Å². The van der Waals surface area contributed by atoms with Crippen molar-refractivity contribution in [1.82, 2.24) is 9.78 Å². The van der Waals surface area contributed by atoms with Gasteiger partial charge in [-0.25, -0.2) is 4.39 Å². The van der Waals surface area contributed by atoms with E-state index in [9.17, 15) is 9.18 Å². The minimum atomic E-state index is -0.265. The van der Waals surface area contributed by atoms with E-state index in [1.54, 1.807) is 43.5 Å². The number of anilines is 1. The number of aromatic nitrogens is 2. The van der Waals surface area contributed by atoms with Gasteiger partial charge in [0.1, 0.15) is 16.4 Å². The summed E-state index contributed by atoms with van der Waals surface area (Å²) in [6.07, 6.45) is 0. The number of rotatable bonds is 5. The van der Waals surface area contributed by atoms with Gasteiger partial charge < -0.3 is 10.1 Å². The first-order valence-corrected chi connectivity index (χ1v) is 9.52. The van der Waals surface area contributed by atoms with Crippen LogP contribution in [-0.2, 0) is 6.54 Å². The number of carbonyl (C=O) groups is 1. The van der Waals surface area contributed by atoms with Gasteiger partial charge in [0.15, 0.2) is 0 Å². The van der Waals surface area contributed by atoms with Gasteiger partial charge in [-0.15, -0.1) is 11.3 Å². The van der Waals surface area contributed by atoms with Crippen LogP contribution < -0.4 is 10.1 Å². The van der Waals surface area contributed by atoms with Gasteiger partial charge in [-0.2, -0.15) is 5.10 Å². The number of benzene rings is 2. The highest BCUT2D eigenvalue weighted by Crippen LogP contribution is 2.29. The summed E-state index contributed by atoms with van der Waals surface area (Å²) in [6, 6.07) is 15.4. The quantitative estimate of drug-likeness (QED) is 0.525. The molecule has 0 spiro atoms. The Balaban J connectivity index is 1.58. The second-order valence-electron chi connectivity index (χ2n) is 6.38. The minimum Gasteiger partial charge on any atom is -0.497 e. The van der Waals surface area contributed by atoms with Crippen molar-refractivity contribution in [3.63, 3.8) is 0 Å². The number of amides is 1. The molecule has 0 saturated heterocycles. The third kappa shape index (κ3) is 3.61. The number of ether oxygens (including phenoxy) is 1. The minimum absolute atomic E-state index is 0.168. The summed E-state index contributed by atoms with van der Waals surface area (Å²) in [6.45, 7) is 2.44. The van der Waals surface area contributed by atoms with Crippen molar-refractivity contribution in [3.8, 4) is 5.75 Å².